The van der Waals surface area contributed by atoms with Gasteiger partial charge in [-0.3, -0.25) is 0 Å². The molecule has 0 aromatic rings. The van der Waals surface area contributed by atoms with Crippen LogP contribution in [0.1, 0.15) is 47.0 Å². The molecular weight excluding hydrogens is 218 g/mol. The number of likely N-dealkylation sites (tertiary alicyclic amines) is 1. The number of carbonyl (C=O) groups is 2. The summed E-state index contributed by atoms with van der Waals surface area (Å²) in [5, 5.41) is 0. The lowest BCUT2D eigenvalue weighted by Crippen LogP contribution is -2.43. The number of ether oxygens (including phenoxy) is 1. The van der Waals surface area contributed by atoms with E-state index in [0.29, 0.717) is 18.9 Å². The molecule has 0 bridgehead atoms. The normalized spacial score (nSPS) is 21.2. The molecule has 4 nitrogen and oxygen atoms in total. The van der Waals surface area contributed by atoms with Crippen LogP contribution in [-0.2, 0) is 9.53 Å². The Labute approximate surface area is 103 Å². The van der Waals surface area contributed by atoms with Gasteiger partial charge < -0.3 is 14.4 Å². The molecule has 0 radical (unpaired) electrons. The third-order valence-electron chi connectivity index (χ3n) is 2.75. The Hall–Kier alpha value is -1.06. The van der Waals surface area contributed by atoms with Crippen molar-refractivity contribution in [3.05, 3.63) is 0 Å². The number of Topliss-reactive ketones (excluding diaryl/α,β-unsaturated/α-hetero) is 1. The lowest BCUT2D eigenvalue weighted by Gasteiger charge is -2.33. The van der Waals surface area contributed by atoms with E-state index in [1.807, 2.05) is 20.8 Å². The highest BCUT2D eigenvalue weighted by atomic mass is 16.6. The monoisotopic (exact) mass is 241 g/mol. The van der Waals surface area contributed by atoms with Gasteiger partial charge in [0.25, 0.3) is 0 Å². The Morgan fingerprint density at radius 2 is 2.00 bits per heavy atom. The van der Waals surface area contributed by atoms with E-state index in [-0.39, 0.29) is 11.9 Å². The van der Waals surface area contributed by atoms with Crippen molar-refractivity contribution in [1.29, 1.82) is 0 Å². The van der Waals surface area contributed by atoms with Gasteiger partial charge in [0, 0.05) is 19.5 Å². The number of rotatable bonds is 2. The van der Waals surface area contributed by atoms with Crippen molar-refractivity contribution in [3.63, 3.8) is 0 Å². The van der Waals surface area contributed by atoms with Crippen LogP contribution in [0.2, 0.25) is 0 Å². The van der Waals surface area contributed by atoms with Gasteiger partial charge in [0.1, 0.15) is 11.4 Å². The summed E-state index contributed by atoms with van der Waals surface area (Å²) in [6.45, 7) is 8.58. The smallest absolute Gasteiger partial charge is 0.410 e. The van der Waals surface area contributed by atoms with Gasteiger partial charge in [-0.1, -0.05) is 0 Å². The lowest BCUT2D eigenvalue weighted by molar-refractivity contribution is -0.118. The first kappa shape index (κ1) is 14.0. The van der Waals surface area contributed by atoms with Crippen LogP contribution in [0.3, 0.4) is 0 Å². The molecule has 0 unspecified atom stereocenters. The molecule has 1 amide bonds. The second kappa shape index (κ2) is 5.52. The Morgan fingerprint density at radius 3 is 2.53 bits per heavy atom. The number of amides is 1. The molecule has 1 saturated heterocycles. The molecule has 1 atom stereocenters. The van der Waals surface area contributed by atoms with Crippen LogP contribution in [-0.4, -0.2) is 35.5 Å². The Bertz CT molecular complexity index is 294. The SMILES string of the molecule is CC(=O)C[C@H]1CCCN(C(=O)OC(C)(C)C)C1. The molecule has 1 heterocycles. The molecule has 0 aliphatic carbocycles. The summed E-state index contributed by atoms with van der Waals surface area (Å²) in [5.41, 5.74) is -0.454. The fraction of sp³-hybridized carbons (Fsp3) is 0.846. The molecule has 0 saturated carbocycles. The van der Waals surface area contributed by atoms with E-state index in [9.17, 15) is 9.59 Å². The van der Waals surface area contributed by atoms with E-state index in [2.05, 4.69) is 0 Å². The summed E-state index contributed by atoms with van der Waals surface area (Å²) in [6.07, 6.45) is 2.29. The first-order valence-electron chi connectivity index (χ1n) is 6.25. The summed E-state index contributed by atoms with van der Waals surface area (Å²) < 4.78 is 5.33. The van der Waals surface area contributed by atoms with Gasteiger partial charge in [-0.05, 0) is 46.5 Å². The van der Waals surface area contributed by atoms with Gasteiger partial charge in [0.05, 0.1) is 0 Å². The second-order valence-corrected chi connectivity index (χ2v) is 5.84. The topological polar surface area (TPSA) is 46.6 Å². The zero-order valence-corrected chi connectivity index (χ0v) is 11.3. The minimum Gasteiger partial charge on any atom is -0.444 e. The molecular formula is C13H23NO3. The molecule has 0 aromatic heterocycles. The number of ketones is 1. The van der Waals surface area contributed by atoms with Gasteiger partial charge >= 0.3 is 6.09 Å². The first-order valence-corrected chi connectivity index (χ1v) is 6.25. The molecule has 4 heteroatoms. The van der Waals surface area contributed by atoms with Crippen molar-refractivity contribution in [1.82, 2.24) is 4.90 Å². The summed E-state index contributed by atoms with van der Waals surface area (Å²) in [7, 11) is 0. The third kappa shape index (κ3) is 5.20. The number of carbonyl (C=O) groups excluding carboxylic acids is 2. The average molecular weight is 241 g/mol. The van der Waals surface area contributed by atoms with Gasteiger partial charge in [0.15, 0.2) is 0 Å². The Kier molecular flexibility index (Phi) is 4.54. The maximum Gasteiger partial charge on any atom is 0.410 e. The fourth-order valence-electron chi connectivity index (χ4n) is 2.13. The van der Waals surface area contributed by atoms with Crippen LogP contribution < -0.4 is 0 Å². The van der Waals surface area contributed by atoms with Crippen molar-refractivity contribution in [2.24, 2.45) is 5.92 Å². The van der Waals surface area contributed by atoms with E-state index in [4.69, 9.17) is 4.74 Å². The van der Waals surface area contributed by atoms with Crippen LogP contribution in [0, 0.1) is 5.92 Å². The van der Waals surface area contributed by atoms with E-state index in [0.717, 1.165) is 19.4 Å². The number of piperidine rings is 1. The maximum absolute atomic E-state index is 11.9. The standard InChI is InChI=1S/C13H23NO3/c1-10(15)8-11-6-5-7-14(9-11)12(16)17-13(2,3)4/h11H,5-9H2,1-4H3/t11-/m1/s1. The quantitative estimate of drug-likeness (QED) is 0.746. The Balaban J connectivity index is 2.49. The molecule has 1 rings (SSSR count). The highest BCUT2D eigenvalue weighted by molar-refractivity contribution is 5.76. The highest BCUT2D eigenvalue weighted by Crippen LogP contribution is 2.21. The molecule has 0 N–H and O–H groups in total. The van der Waals surface area contributed by atoms with E-state index >= 15 is 0 Å². The maximum atomic E-state index is 11.9. The van der Waals surface area contributed by atoms with E-state index in [1.54, 1.807) is 11.8 Å². The van der Waals surface area contributed by atoms with Crippen molar-refractivity contribution < 1.29 is 14.3 Å². The van der Waals surface area contributed by atoms with Crippen molar-refractivity contribution in [3.8, 4) is 0 Å². The zero-order valence-electron chi connectivity index (χ0n) is 11.3. The van der Waals surface area contributed by atoms with E-state index in [1.165, 1.54) is 0 Å². The molecule has 98 valence electrons. The van der Waals surface area contributed by atoms with Crippen LogP contribution in [0.4, 0.5) is 4.79 Å². The minimum atomic E-state index is -0.454. The number of nitrogens with zero attached hydrogens (tertiary/aromatic N) is 1. The summed E-state index contributed by atoms with van der Waals surface area (Å²) >= 11 is 0. The van der Waals surface area contributed by atoms with Crippen LogP contribution in [0.5, 0.6) is 0 Å². The van der Waals surface area contributed by atoms with Gasteiger partial charge in [0.2, 0.25) is 0 Å². The van der Waals surface area contributed by atoms with Crippen molar-refractivity contribution in [2.75, 3.05) is 13.1 Å². The first-order chi connectivity index (χ1) is 7.78. The Morgan fingerprint density at radius 1 is 1.35 bits per heavy atom. The molecule has 1 aliphatic heterocycles. The van der Waals surface area contributed by atoms with E-state index < -0.39 is 5.60 Å². The highest BCUT2D eigenvalue weighted by Gasteiger charge is 2.27. The van der Waals surface area contributed by atoms with Gasteiger partial charge in [-0.25, -0.2) is 4.79 Å². The number of hydrogen-bond donors (Lipinski definition) is 0. The molecule has 1 fully saturated rings. The predicted molar refractivity (Wildman–Crippen MR) is 65.8 cm³/mol. The van der Waals surface area contributed by atoms with Crippen LogP contribution in [0.25, 0.3) is 0 Å². The summed E-state index contributed by atoms with van der Waals surface area (Å²) in [5.74, 6) is 0.495. The van der Waals surface area contributed by atoms with Crippen LogP contribution >= 0.6 is 0 Å². The lowest BCUT2D eigenvalue weighted by atomic mass is 9.93. The molecule has 1 aliphatic rings. The van der Waals surface area contributed by atoms with Crippen molar-refractivity contribution >= 4 is 11.9 Å². The van der Waals surface area contributed by atoms with Gasteiger partial charge in [-0.15, -0.1) is 0 Å². The zero-order chi connectivity index (χ0) is 13.1. The minimum absolute atomic E-state index is 0.195. The third-order valence-corrected chi connectivity index (χ3v) is 2.75. The number of hydrogen-bond acceptors (Lipinski definition) is 3. The fourth-order valence-corrected chi connectivity index (χ4v) is 2.13. The predicted octanol–water partition coefficient (Wildman–Crippen LogP) is 2.61. The summed E-state index contributed by atoms with van der Waals surface area (Å²) in [6, 6.07) is 0. The van der Waals surface area contributed by atoms with Crippen LogP contribution in [0.15, 0.2) is 0 Å². The second-order valence-electron chi connectivity index (χ2n) is 5.84. The van der Waals surface area contributed by atoms with Crippen molar-refractivity contribution in [2.45, 2.75) is 52.6 Å². The molecule has 17 heavy (non-hydrogen) atoms. The average Bonchev–Trinajstić information content (AvgIpc) is 2.14. The van der Waals surface area contributed by atoms with Gasteiger partial charge in [-0.2, -0.15) is 0 Å². The summed E-state index contributed by atoms with van der Waals surface area (Å²) in [4.78, 5) is 24.7. The molecule has 0 spiro atoms. The largest absolute Gasteiger partial charge is 0.444 e. The molecule has 0 aromatic carbocycles.